The molecule has 6 heteroatoms. The van der Waals surface area contributed by atoms with Crippen LogP contribution in [0, 0.1) is 0 Å². The number of likely N-dealkylation sites (tertiary alicyclic amines) is 1. The normalized spacial score (nSPS) is 24.0. The van der Waals surface area contributed by atoms with E-state index in [-0.39, 0.29) is 24.5 Å². The fraction of sp³-hybridized carbons (Fsp3) is 0.867. The second-order valence-corrected chi connectivity index (χ2v) is 7.56. The highest BCUT2D eigenvalue weighted by Crippen LogP contribution is 2.21. The second-order valence-electron chi connectivity index (χ2n) is 7.56. The summed E-state index contributed by atoms with van der Waals surface area (Å²) in [5, 5.41) is 0. The van der Waals surface area contributed by atoms with Crippen molar-refractivity contribution in [2.75, 3.05) is 13.1 Å². The number of hydrogen-bond acceptors (Lipinski definition) is 6. The average Bonchev–Trinajstić information content (AvgIpc) is 2.53. The van der Waals surface area contributed by atoms with Gasteiger partial charge in [-0.25, -0.2) is 0 Å². The first-order valence-electron chi connectivity index (χ1n) is 7.32. The molecule has 0 aromatic rings. The molecule has 0 saturated carbocycles. The molecule has 21 heavy (non-hydrogen) atoms. The first-order chi connectivity index (χ1) is 9.37. The minimum Gasteiger partial charge on any atom is -0.459 e. The largest absolute Gasteiger partial charge is 0.459 e. The van der Waals surface area contributed by atoms with Gasteiger partial charge in [0.25, 0.3) is 0 Å². The van der Waals surface area contributed by atoms with Crippen LogP contribution in [0.4, 0.5) is 0 Å². The first-order valence-corrected chi connectivity index (χ1v) is 7.32. The molecule has 2 N–H and O–H groups in total. The standard InChI is InChI=1S/C15H28N2O4/c1-14(2,3)20-12(18)9-17-8-10(16)7-11(17)13(19)21-15(4,5)6/h10-11H,7-9,16H2,1-6H3/t10-,11-/m0/s1. The van der Waals surface area contributed by atoms with Crippen LogP contribution in [-0.2, 0) is 19.1 Å². The van der Waals surface area contributed by atoms with Gasteiger partial charge >= 0.3 is 11.9 Å². The number of ether oxygens (including phenoxy) is 2. The lowest BCUT2D eigenvalue weighted by molar-refractivity contribution is -0.163. The van der Waals surface area contributed by atoms with Crippen LogP contribution in [0.25, 0.3) is 0 Å². The molecule has 6 nitrogen and oxygen atoms in total. The van der Waals surface area contributed by atoms with Crippen LogP contribution in [0.3, 0.4) is 0 Å². The van der Waals surface area contributed by atoms with Crippen LogP contribution in [-0.4, -0.2) is 53.2 Å². The number of carbonyl (C=O) groups is 2. The Labute approximate surface area is 126 Å². The highest BCUT2D eigenvalue weighted by molar-refractivity contribution is 5.79. The van der Waals surface area contributed by atoms with Crippen LogP contribution in [0.1, 0.15) is 48.0 Å². The molecule has 0 aromatic carbocycles. The van der Waals surface area contributed by atoms with Crippen molar-refractivity contribution in [1.82, 2.24) is 4.90 Å². The van der Waals surface area contributed by atoms with Crippen LogP contribution >= 0.6 is 0 Å². The van der Waals surface area contributed by atoms with Gasteiger partial charge < -0.3 is 15.2 Å². The van der Waals surface area contributed by atoms with Gasteiger partial charge in [0.15, 0.2) is 0 Å². The Morgan fingerprint density at radius 1 is 1.10 bits per heavy atom. The van der Waals surface area contributed by atoms with E-state index in [9.17, 15) is 9.59 Å². The lowest BCUT2D eigenvalue weighted by Crippen LogP contribution is -2.44. The zero-order chi connectivity index (χ0) is 16.4. The van der Waals surface area contributed by atoms with Gasteiger partial charge in [-0.05, 0) is 48.0 Å². The zero-order valence-corrected chi connectivity index (χ0v) is 13.9. The third-order valence-corrected chi connectivity index (χ3v) is 2.87. The number of nitrogens with two attached hydrogens (primary N) is 1. The van der Waals surface area contributed by atoms with Crippen molar-refractivity contribution in [3.8, 4) is 0 Å². The summed E-state index contributed by atoms with van der Waals surface area (Å²) in [7, 11) is 0. The van der Waals surface area contributed by atoms with Crippen molar-refractivity contribution in [3.05, 3.63) is 0 Å². The summed E-state index contributed by atoms with van der Waals surface area (Å²) in [6.45, 7) is 11.4. The van der Waals surface area contributed by atoms with E-state index >= 15 is 0 Å². The summed E-state index contributed by atoms with van der Waals surface area (Å²) in [4.78, 5) is 25.9. The number of rotatable bonds is 3. The highest BCUT2D eigenvalue weighted by Gasteiger charge is 2.39. The van der Waals surface area contributed by atoms with Gasteiger partial charge in [0.05, 0.1) is 6.54 Å². The molecule has 1 aliphatic heterocycles. The molecule has 0 spiro atoms. The second kappa shape index (κ2) is 6.32. The maximum atomic E-state index is 12.2. The van der Waals surface area contributed by atoms with E-state index in [4.69, 9.17) is 15.2 Å². The SMILES string of the molecule is CC(C)(C)OC(=O)CN1C[C@@H](N)C[C@H]1C(=O)OC(C)(C)C. The van der Waals surface area contributed by atoms with Gasteiger partial charge in [-0.3, -0.25) is 14.5 Å². The van der Waals surface area contributed by atoms with Gasteiger partial charge in [0, 0.05) is 12.6 Å². The van der Waals surface area contributed by atoms with E-state index in [1.807, 2.05) is 41.5 Å². The molecular formula is C15H28N2O4. The Bertz CT molecular complexity index is 395. The molecule has 1 saturated heterocycles. The Balaban J connectivity index is 2.67. The summed E-state index contributed by atoms with van der Waals surface area (Å²) >= 11 is 0. The van der Waals surface area contributed by atoms with E-state index in [0.717, 1.165) is 0 Å². The molecular weight excluding hydrogens is 272 g/mol. The van der Waals surface area contributed by atoms with Gasteiger partial charge in [-0.2, -0.15) is 0 Å². The molecule has 0 amide bonds. The Hall–Kier alpha value is -1.14. The molecule has 0 aliphatic carbocycles. The third kappa shape index (κ3) is 6.44. The lowest BCUT2D eigenvalue weighted by Gasteiger charge is -2.27. The molecule has 0 aromatic heterocycles. The molecule has 122 valence electrons. The van der Waals surface area contributed by atoms with E-state index in [1.54, 1.807) is 4.90 Å². The summed E-state index contributed by atoms with van der Waals surface area (Å²) < 4.78 is 10.7. The van der Waals surface area contributed by atoms with Crippen molar-refractivity contribution in [3.63, 3.8) is 0 Å². The molecule has 1 heterocycles. The summed E-state index contributed by atoms with van der Waals surface area (Å²) in [6.07, 6.45) is 0.498. The average molecular weight is 300 g/mol. The number of hydrogen-bond donors (Lipinski definition) is 1. The van der Waals surface area contributed by atoms with Crippen molar-refractivity contribution in [2.24, 2.45) is 5.73 Å². The number of carbonyl (C=O) groups excluding carboxylic acids is 2. The van der Waals surface area contributed by atoms with E-state index < -0.39 is 17.2 Å². The molecule has 0 bridgehead atoms. The highest BCUT2D eigenvalue weighted by atomic mass is 16.6. The summed E-state index contributed by atoms with van der Waals surface area (Å²) in [5.74, 6) is -0.691. The number of esters is 2. The van der Waals surface area contributed by atoms with Crippen molar-refractivity contribution < 1.29 is 19.1 Å². The predicted molar refractivity (Wildman–Crippen MR) is 79.6 cm³/mol. The van der Waals surface area contributed by atoms with Crippen molar-refractivity contribution in [2.45, 2.75) is 71.2 Å². The molecule has 0 unspecified atom stereocenters. The minimum absolute atomic E-state index is 0.0505. The van der Waals surface area contributed by atoms with E-state index in [1.165, 1.54) is 0 Å². The van der Waals surface area contributed by atoms with E-state index in [0.29, 0.717) is 13.0 Å². The van der Waals surface area contributed by atoms with Crippen LogP contribution in [0.5, 0.6) is 0 Å². The molecule has 1 rings (SSSR count). The van der Waals surface area contributed by atoms with Crippen molar-refractivity contribution >= 4 is 11.9 Å². The van der Waals surface area contributed by atoms with Gasteiger partial charge in [0.1, 0.15) is 17.2 Å². The smallest absolute Gasteiger partial charge is 0.323 e. The number of nitrogens with zero attached hydrogens (tertiary/aromatic N) is 1. The molecule has 0 radical (unpaired) electrons. The van der Waals surface area contributed by atoms with Gasteiger partial charge in [-0.15, -0.1) is 0 Å². The topological polar surface area (TPSA) is 81.9 Å². The fourth-order valence-electron chi connectivity index (χ4n) is 2.27. The summed E-state index contributed by atoms with van der Waals surface area (Å²) in [6, 6.07) is -0.614. The molecule has 1 fully saturated rings. The lowest BCUT2D eigenvalue weighted by atomic mass is 10.1. The van der Waals surface area contributed by atoms with Gasteiger partial charge in [-0.1, -0.05) is 0 Å². The Morgan fingerprint density at radius 3 is 2.10 bits per heavy atom. The minimum atomic E-state index is -0.554. The quantitative estimate of drug-likeness (QED) is 0.785. The molecule has 2 atom stereocenters. The van der Waals surface area contributed by atoms with E-state index in [2.05, 4.69) is 0 Å². The summed E-state index contributed by atoms with van der Waals surface area (Å²) in [5.41, 5.74) is 4.82. The first kappa shape index (κ1) is 17.9. The predicted octanol–water partition coefficient (Wildman–Crippen LogP) is 1.07. The molecule has 1 aliphatic rings. The van der Waals surface area contributed by atoms with Crippen LogP contribution < -0.4 is 5.73 Å². The fourth-order valence-corrected chi connectivity index (χ4v) is 2.27. The van der Waals surface area contributed by atoms with Crippen molar-refractivity contribution in [1.29, 1.82) is 0 Å². The maximum Gasteiger partial charge on any atom is 0.323 e. The van der Waals surface area contributed by atoms with Gasteiger partial charge in [0.2, 0.25) is 0 Å². The maximum absolute atomic E-state index is 12.2. The van der Waals surface area contributed by atoms with Crippen LogP contribution in [0.15, 0.2) is 0 Å². The Morgan fingerprint density at radius 2 is 1.62 bits per heavy atom. The monoisotopic (exact) mass is 300 g/mol. The third-order valence-electron chi connectivity index (χ3n) is 2.87. The Kier molecular flexibility index (Phi) is 5.39. The zero-order valence-electron chi connectivity index (χ0n) is 13.9. The van der Waals surface area contributed by atoms with Crippen LogP contribution in [0.2, 0.25) is 0 Å².